The summed E-state index contributed by atoms with van der Waals surface area (Å²) < 4.78 is 1.95. The average Bonchev–Trinajstić information content (AvgIpc) is 3.21. The standard InChI is InChI=1S/C23H27N3O3S/c1-16(2)13-26-22(28)20(30-23(26)29)12-17-14-25(19-9-5-4-8-18(17)19)15-21(27)24-10-6-3-7-11-24/h4-5,8-9,12,14,16H,3,6-7,10-11,13,15H2,1-2H3/b20-12-. The first kappa shape index (κ1) is 20.7. The number of rotatable bonds is 5. The van der Waals surface area contributed by atoms with Crippen LogP contribution in [0.2, 0.25) is 0 Å². The van der Waals surface area contributed by atoms with E-state index in [1.54, 1.807) is 6.08 Å². The summed E-state index contributed by atoms with van der Waals surface area (Å²) in [7, 11) is 0. The summed E-state index contributed by atoms with van der Waals surface area (Å²) in [5.41, 5.74) is 1.81. The molecule has 0 aliphatic carbocycles. The molecule has 0 N–H and O–H groups in total. The maximum atomic E-state index is 12.8. The van der Waals surface area contributed by atoms with Gasteiger partial charge in [-0.15, -0.1) is 0 Å². The van der Waals surface area contributed by atoms with E-state index >= 15 is 0 Å². The lowest BCUT2D eigenvalue weighted by Crippen LogP contribution is -2.37. The number of likely N-dealkylation sites (tertiary alicyclic amines) is 1. The second-order valence-corrected chi connectivity index (χ2v) is 9.35. The summed E-state index contributed by atoms with van der Waals surface area (Å²) >= 11 is 0.987. The lowest BCUT2D eigenvalue weighted by atomic mass is 10.1. The van der Waals surface area contributed by atoms with Gasteiger partial charge in [0.25, 0.3) is 11.1 Å². The molecule has 2 saturated heterocycles. The number of benzene rings is 1. The van der Waals surface area contributed by atoms with E-state index in [1.807, 2.05) is 53.8 Å². The zero-order valence-electron chi connectivity index (χ0n) is 17.5. The number of carbonyl (C=O) groups excluding carboxylic acids is 3. The van der Waals surface area contributed by atoms with E-state index in [1.165, 1.54) is 11.3 Å². The summed E-state index contributed by atoms with van der Waals surface area (Å²) in [6, 6.07) is 7.87. The lowest BCUT2D eigenvalue weighted by molar-refractivity contribution is -0.132. The van der Waals surface area contributed by atoms with Crippen molar-refractivity contribution in [3.8, 4) is 0 Å². The molecule has 0 bridgehead atoms. The number of para-hydroxylation sites is 1. The molecule has 0 unspecified atom stereocenters. The van der Waals surface area contributed by atoms with E-state index in [-0.39, 0.29) is 29.5 Å². The molecule has 158 valence electrons. The maximum Gasteiger partial charge on any atom is 0.293 e. The molecule has 3 amide bonds. The van der Waals surface area contributed by atoms with E-state index in [0.717, 1.165) is 54.2 Å². The molecule has 1 aromatic carbocycles. The number of nitrogens with zero attached hydrogens (tertiary/aromatic N) is 3. The third kappa shape index (κ3) is 4.17. The molecule has 30 heavy (non-hydrogen) atoms. The van der Waals surface area contributed by atoms with E-state index in [0.29, 0.717) is 11.4 Å². The van der Waals surface area contributed by atoms with E-state index < -0.39 is 0 Å². The van der Waals surface area contributed by atoms with Crippen molar-refractivity contribution in [2.75, 3.05) is 19.6 Å². The molecule has 0 atom stereocenters. The lowest BCUT2D eigenvalue weighted by Gasteiger charge is -2.27. The molecule has 0 saturated carbocycles. The fourth-order valence-corrected chi connectivity index (χ4v) is 4.91. The monoisotopic (exact) mass is 425 g/mol. The van der Waals surface area contributed by atoms with Gasteiger partial charge in [0.2, 0.25) is 5.91 Å². The van der Waals surface area contributed by atoms with Crippen LogP contribution in [0.15, 0.2) is 35.4 Å². The van der Waals surface area contributed by atoms with Crippen molar-refractivity contribution in [2.45, 2.75) is 39.7 Å². The highest BCUT2D eigenvalue weighted by Gasteiger charge is 2.35. The van der Waals surface area contributed by atoms with Crippen molar-refractivity contribution in [3.63, 3.8) is 0 Å². The van der Waals surface area contributed by atoms with Gasteiger partial charge in [0.15, 0.2) is 0 Å². The van der Waals surface area contributed by atoms with Gasteiger partial charge >= 0.3 is 0 Å². The van der Waals surface area contributed by atoms with Gasteiger partial charge < -0.3 is 9.47 Å². The zero-order chi connectivity index (χ0) is 21.3. The molecule has 2 fully saturated rings. The van der Waals surface area contributed by atoms with Crippen LogP contribution in [0.1, 0.15) is 38.7 Å². The maximum absolute atomic E-state index is 12.8. The van der Waals surface area contributed by atoms with Gasteiger partial charge in [-0.1, -0.05) is 32.0 Å². The molecule has 2 aliphatic rings. The summed E-state index contributed by atoms with van der Waals surface area (Å²) in [4.78, 5) is 41.5. The van der Waals surface area contributed by atoms with Crippen LogP contribution in [0.5, 0.6) is 0 Å². The largest absolute Gasteiger partial charge is 0.341 e. The van der Waals surface area contributed by atoms with E-state index in [2.05, 4.69) is 0 Å². The smallest absolute Gasteiger partial charge is 0.293 e. The molecular weight excluding hydrogens is 398 g/mol. The van der Waals surface area contributed by atoms with Gasteiger partial charge in [0, 0.05) is 42.3 Å². The Labute approximate surface area is 180 Å². The van der Waals surface area contributed by atoms with Crippen molar-refractivity contribution < 1.29 is 14.4 Å². The highest BCUT2D eigenvalue weighted by atomic mass is 32.2. The number of imide groups is 1. The van der Waals surface area contributed by atoms with Crippen LogP contribution < -0.4 is 0 Å². The fraction of sp³-hybridized carbons (Fsp3) is 0.435. The first-order chi connectivity index (χ1) is 14.4. The van der Waals surface area contributed by atoms with Crippen LogP contribution in [0, 0.1) is 5.92 Å². The zero-order valence-corrected chi connectivity index (χ0v) is 18.3. The molecule has 0 radical (unpaired) electrons. The van der Waals surface area contributed by atoms with Crippen LogP contribution in [-0.2, 0) is 16.1 Å². The van der Waals surface area contributed by atoms with Crippen molar-refractivity contribution in [2.24, 2.45) is 5.92 Å². The van der Waals surface area contributed by atoms with E-state index in [9.17, 15) is 14.4 Å². The quantitative estimate of drug-likeness (QED) is 0.669. The Morgan fingerprint density at radius 3 is 2.60 bits per heavy atom. The Morgan fingerprint density at radius 2 is 1.87 bits per heavy atom. The summed E-state index contributed by atoms with van der Waals surface area (Å²) in [6.45, 7) is 6.33. The highest BCUT2D eigenvalue weighted by Crippen LogP contribution is 2.34. The number of thioether (sulfide) groups is 1. The predicted octanol–water partition coefficient (Wildman–Crippen LogP) is 4.35. The van der Waals surface area contributed by atoms with E-state index in [4.69, 9.17) is 0 Å². The average molecular weight is 426 g/mol. The summed E-state index contributed by atoms with van der Waals surface area (Å²) in [6.07, 6.45) is 7.02. The molecule has 4 rings (SSSR count). The van der Waals surface area contributed by atoms with Crippen LogP contribution in [0.4, 0.5) is 4.79 Å². The summed E-state index contributed by atoms with van der Waals surface area (Å²) in [5, 5.41) is 0.753. The van der Waals surface area contributed by atoms with Crippen molar-refractivity contribution in [3.05, 3.63) is 40.9 Å². The predicted molar refractivity (Wildman–Crippen MR) is 120 cm³/mol. The number of hydrogen-bond donors (Lipinski definition) is 0. The second kappa shape index (κ2) is 8.68. The van der Waals surface area contributed by atoms with Gasteiger partial charge in [-0.05, 0) is 49.1 Å². The number of hydrogen-bond acceptors (Lipinski definition) is 4. The van der Waals surface area contributed by atoms with Crippen molar-refractivity contribution in [1.29, 1.82) is 0 Å². The Kier molecular flexibility index (Phi) is 5.99. The fourth-order valence-electron chi connectivity index (χ4n) is 4.07. The Bertz CT molecular complexity index is 1020. The molecule has 0 spiro atoms. The van der Waals surface area contributed by atoms with Gasteiger partial charge in [-0.25, -0.2) is 0 Å². The third-order valence-corrected chi connectivity index (χ3v) is 6.45. The second-order valence-electron chi connectivity index (χ2n) is 8.36. The topological polar surface area (TPSA) is 62.6 Å². The van der Waals surface area contributed by atoms with Crippen LogP contribution >= 0.6 is 11.8 Å². The normalized spacial score (nSPS) is 19.0. The minimum Gasteiger partial charge on any atom is -0.341 e. The Morgan fingerprint density at radius 1 is 1.13 bits per heavy atom. The molecular formula is C23H27N3O3S. The summed E-state index contributed by atoms with van der Waals surface area (Å²) in [5.74, 6) is 0.111. The number of piperidine rings is 1. The minimum absolute atomic E-state index is 0.124. The van der Waals surface area contributed by atoms with Crippen molar-refractivity contribution in [1.82, 2.24) is 14.4 Å². The first-order valence-corrected chi connectivity index (χ1v) is 11.4. The number of amides is 3. The minimum atomic E-state index is -0.236. The molecule has 2 aromatic rings. The SMILES string of the molecule is CC(C)CN1C(=O)S/C(=C\c2cn(CC(=O)N3CCCCC3)c3ccccc23)C1=O. The van der Waals surface area contributed by atoms with Gasteiger partial charge in [-0.3, -0.25) is 19.3 Å². The van der Waals surface area contributed by atoms with Crippen LogP contribution in [-0.4, -0.2) is 51.1 Å². The van der Waals surface area contributed by atoms with Gasteiger partial charge in [-0.2, -0.15) is 0 Å². The molecule has 1 aromatic heterocycles. The number of fused-ring (bicyclic) bond motifs is 1. The van der Waals surface area contributed by atoms with Crippen LogP contribution in [0.25, 0.3) is 17.0 Å². The molecule has 3 heterocycles. The highest BCUT2D eigenvalue weighted by molar-refractivity contribution is 8.18. The Hall–Kier alpha value is -2.54. The molecule has 6 nitrogen and oxygen atoms in total. The van der Waals surface area contributed by atoms with Gasteiger partial charge in [0.1, 0.15) is 6.54 Å². The van der Waals surface area contributed by atoms with Crippen LogP contribution in [0.3, 0.4) is 0 Å². The van der Waals surface area contributed by atoms with Crippen molar-refractivity contribution >= 4 is 45.8 Å². The third-order valence-electron chi connectivity index (χ3n) is 5.54. The molecule has 2 aliphatic heterocycles. The Balaban J connectivity index is 1.62. The molecule has 7 heteroatoms. The van der Waals surface area contributed by atoms with Gasteiger partial charge in [0.05, 0.1) is 4.91 Å². The number of aromatic nitrogens is 1. The first-order valence-electron chi connectivity index (χ1n) is 10.5. The number of carbonyl (C=O) groups is 3.